The highest BCUT2D eigenvalue weighted by Crippen LogP contribution is 2.29. The third kappa shape index (κ3) is 4.00. The lowest BCUT2D eigenvalue weighted by molar-refractivity contribution is -0.129. The van der Waals surface area contributed by atoms with E-state index in [9.17, 15) is 9.59 Å². The van der Waals surface area contributed by atoms with Crippen molar-refractivity contribution in [1.29, 1.82) is 0 Å². The molecule has 0 bridgehead atoms. The van der Waals surface area contributed by atoms with Gasteiger partial charge in [-0.2, -0.15) is 5.10 Å². The Morgan fingerprint density at radius 3 is 2.53 bits per heavy atom. The molecule has 3 N–H and O–H groups in total. The number of carbonyl (C=O) groups excluding carboxylic acids is 2. The SMILES string of the molecule is NC(=O)C1(NC(=O)C=Cc2cn(-c3ccccc3)nc2-c2cccnc2)CCCC1. The Bertz CT molecular complexity index is 1070. The van der Waals surface area contributed by atoms with Gasteiger partial charge in [-0.15, -0.1) is 0 Å². The molecule has 7 heteroatoms. The molecule has 152 valence electrons. The molecule has 2 heterocycles. The van der Waals surface area contributed by atoms with Crippen LogP contribution in [0.2, 0.25) is 0 Å². The lowest BCUT2D eigenvalue weighted by Crippen LogP contribution is -2.55. The van der Waals surface area contributed by atoms with Gasteiger partial charge in [-0.1, -0.05) is 31.0 Å². The van der Waals surface area contributed by atoms with Gasteiger partial charge < -0.3 is 11.1 Å². The Morgan fingerprint density at radius 2 is 1.87 bits per heavy atom. The first kappa shape index (κ1) is 19.6. The monoisotopic (exact) mass is 401 g/mol. The van der Waals surface area contributed by atoms with Crippen molar-refractivity contribution in [3.63, 3.8) is 0 Å². The predicted molar refractivity (Wildman–Crippen MR) is 114 cm³/mol. The van der Waals surface area contributed by atoms with Gasteiger partial charge >= 0.3 is 0 Å². The van der Waals surface area contributed by atoms with Crippen LogP contribution in [0.15, 0.2) is 67.1 Å². The summed E-state index contributed by atoms with van der Waals surface area (Å²) in [5.74, 6) is -0.824. The first-order chi connectivity index (χ1) is 14.6. The Balaban J connectivity index is 1.63. The van der Waals surface area contributed by atoms with Crippen molar-refractivity contribution in [1.82, 2.24) is 20.1 Å². The molecule has 7 nitrogen and oxygen atoms in total. The van der Waals surface area contributed by atoms with Gasteiger partial charge in [-0.3, -0.25) is 14.6 Å². The summed E-state index contributed by atoms with van der Waals surface area (Å²) in [6.45, 7) is 0. The van der Waals surface area contributed by atoms with Crippen LogP contribution >= 0.6 is 0 Å². The van der Waals surface area contributed by atoms with Crippen LogP contribution in [0.25, 0.3) is 23.0 Å². The number of nitrogens with one attached hydrogen (secondary N) is 1. The summed E-state index contributed by atoms with van der Waals surface area (Å²) in [4.78, 5) is 28.6. The van der Waals surface area contributed by atoms with Gasteiger partial charge in [0.05, 0.1) is 5.69 Å². The van der Waals surface area contributed by atoms with Crippen molar-refractivity contribution < 1.29 is 9.59 Å². The number of primary amides is 1. The van der Waals surface area contributed by atoms with Gasteiger partial charge in [0.15, 0.2) is 0 Å². The number of nitrogens with zero attached hydrogens (tertiary/aromatic N) is 3. The van der Waals surface area contributed by atoms with Gasteiger partial charge in [0, 0.05) is 35.8 Å². The number of para-hydroxylation sites is 1. The number of hydrogen-bond acceptors (Lipinski definition) is 4. The van der Waals surface area contributed by atoms with Crippen molar-refractivity contribution in [2.45, 2.75) is 31.2 Å². The molecule has 0 unspecified atom stereocenters. The molecular weight excluding hydrogens is 378 g/mol. The summed E-state index contributed by atoms with van der Waals surface area (Å²) >= 11 is 0. The Labute approximate surface area is 174 Å². The summed E-state index contributed by atoms with van der Waals surface area (Å²) in [6, 6.07) is 13.5. The van der Waals surface area contributed by atoms with Crippen LogP contribution in [0.5, 0.6) is 0 Å². The van der Waals surface area contributed by atoms with E-state index in [0.717, 1.165) is 29.7 Å². The maximum absolute atomic E-state index is 12.6. The van der Waals surface area contributed by atoms with Crippen molar-refractivity contribution >= 4 is 17.9 Å². The largest absolute Gasteiger partial charge is 0.368 e. The molecule has 0 spiro atoms. The minimum atomic E-state index is -0.943. The lowest BCUT2D eigenvalue weighted by Gasteiger charge is -2.25. The molecule has 1 fully saturated rings. The summed E-state index contributed by atoms with van der Waals surface area (Å²) in [5, 5.41) is 7.51. The van der Waals surface area contributed by atoms with Crippen LogP contribution in [0.4, 0.5) is 0 Å². The van der Waals surface area contributed by atoms with Crippen LogP contribution in [-0.2, 0) is 9.59 Å². The van der Waals surface area contributed by atoms with E-state index in [4.69, 9.17) is 10.8 Å². The quantitative estimate of drug-likeness (QED) is 0.620. The Hall–Kier alpha value is -3.74. The van der Waals surface area contributed by atoms with Crippen LogP contribution in [0.1, 0.15) is 31.2 Å². The highest BCUT2D eigenvalue weighted by atomic mass is 16.2. The highest BCUT2D eigenvalue weighted by molar-refractivity contribution is 5.97. The lowest BCUT2D eigenvalue weighted by atomic mass is 9.96. The van der Waals surface area contributed by atoms with E-state index in [0.29, 0.717) is 18.5 Å². The zero-order valence-corrected chi connectivity index (χ0v) is 16.5. The predicted octanol–water partition coefficient (Wildman–Crippen LogP) is 2.86. The van der Waals surface area contributed by atoms with E-state index in [-0.39, 0.29) is 5.91 Å². The van der Waals surface area contributed by atoms with Gasteiger partial charge in [-0.25, -0.2) is 4.68 Å². The van der Waals surface area contributed by atoms with E-state index in [2.05, 4.69) is 10.3 Å². The molecule has 4 rings (SSSR count). The van der Waals surface area contributed by atoms with Crippen LogP contribution in [0.3, 0.4) is 0 Å². The summed E-state index contributed by atoms with van der Waals surface area (Å²) in [6.07, 6.45) is 11.3. The zero-order valence-electron chi connectivity index (χ0n) is 16.5. The smallest absolute Gasteiger partial charge is 0.244 e. The average molecular weight is 401 g/mol. The van der Waals surface area contributed by atoms with Gasteiger partial charge in [0.1, 0.15) is 11.2 Å². The zero-order chi connectivity index (χ0) is 21.0. The fraction of sp³-hybridized carbons (Fsp3) is 0.217. The second kappa shape index (κ2) is 8.32. The molecule has 30 heavy (non-hydrogen) atoms. The molecule has 1 aliphatic carbocycles. The number of hydrogen-bond donors (Lipinski definition) is 2. The van der Waals surface area contributed by atoms with Gasteiger partial charge in [-0.05, 0) is 43.2 Å². The van der Waals surface area contributed by atoms with Crippen LogP contribution < -0.4 is 11.1 Å². The molecule has 0 atom stereocenters. The Morgan fingerprint density at radius 1 is 1.10 bits per heavy atom. The van der Waals surface area contributed by atoms with Crippen molar-refractivity contribution in [2.24, 2.45) is 5.73 Å². The molecular formula is C23H23N5O2. The standard InChI is InChI=1S/C23H23N5O2/c24-22(30)23(12-4-5-13-23)26-20(29)11-10-18-16-28(19-8-2-1-3-9-19)27-21(18)17-7-6-14-25-15-17/h1-3,6-11,14-16H,4-5,12-13H2,(H2,24,30)(H,26,29). The molecule has 2 amide bonds. The number of rotatable bonds is 6. The molecule has 3 aromatic rings. The second-order valence-electron chi connectivity index (χ2n) is 7.43. The number of aromatic nitrogens is 3. The third-order valence-electron chi connectivity index (χ3n) is 5.40. The van der Waals surface area contributed by atoms with Crippen LogP contribution in [-0.4, -0.2) is 32.1 Å². The average Bonchev–Trinajstić information content (AvgIpc) is 3.42. The Kier molecular flexibility index (Phi) is 5.43. The van der Waals surface area contributed by atoms with Crippen molar-refractivity contribution in [3.05, 3.63) is 72.7 Å². The summed E-state index contributed by atoms with van der Waals surface area (Å²) < 4.78 is 1.77. The van der Waals surface area contributed by atoms with E-state index in [1.54, 1.807) is 23.2 Å². The third-order valence-corrected chi connectivity index (χ3v) is 5.40. The summed E-state index contributed by atoms with van der Waals surface area (Å²) in [5.41, 5.74) is 7.84. The molecule has 1 aromatic carbocycles. The molecule has 0 aliphatic heterocycles. The minimum Gasteiger partial charge on any atom is -0.368 e. The number of pyridine rings is 1. The molecule has 1 saturated carbocycles. The van der Waals surface area contributed by atoms with Crippen LogP contribution in [0, 0.1) is 0 Å². The number of carbonyl (C=O) groups is 2. The molecule has 2 aromatic heterocycles. The minimum absolute atomic E-state index is 0.347. The maximum atomic E-state index is 12.6. The van der Waals surface area contributed by atoms with Gasteiger partial charge in [0.2, 0.25) is 11.8 Å². The molecule has 1 aliphatic rings. The normalized spacial score (nSPS) is 15.3. The summed E-state index contributed by atoms with van der Waals surface area (Å²) in [7, 11) is 0. The molecule has 0 saturated heterocycles. The fourth-order valence-electron chi connectivity index (χ4n) is 3.80. The fourth-order valence-corrected chi connectivity index (χ4v) is 3.80. The second-order valence-corrected chi connectivity index (χ2v) is 7.43. The first-order valence-corrected chi connectivity index (χ1v) is 9.93. The molecule has 0 radical (unpaired) electrons. The number of amides is 2. The topological polar surface area (TPSA) is 103 Å². The number of benzene rings is 1. The van der Waals surface area contributed by atoms with Gasteiger partial charge in [0.25, 0.3) is 0 Å². The van der Waals surface area contributed by atoms with E-state index in [1.807, 2.05) is 48.7 Å². The first-order valence-electron chi connectivity index (χ1n) is 9.93. The van der Waals surface area contributed by atoms with Crippen molar-refractivity contribution in [3.8, 4) is 16.9 Å². The number of nitrogens with two attached hydrogens (primary N) is 1. The maximum Gasteiger partial charge on any atom is 0.244 e. The van der Waals surface area contributed by atoms with E-state index in [1.165, 1.54) is 6.08 Å². The highest BCUT2D eigenvalue weighted by Gasteiger charge is 2.40. The van der Waals surface area contributed by atoms with Crippen molar-refractivity contribution in [2.75, 3.05) is 0 Å². The van der Waals surface area contributed by atoms with E-state index < -0.39 is 11.4 Å². The van der Waals surface area contributed by atoms with E-state index >= 15 is 0 Å².